The van der Waals surface area contributed by atoms with Gasteiger partial charge in [0.25, 0.3) is 0 Å². The molecular formula is C6H10F2N4S. The Kier molecular flexibility index (Phi) is 2.97. The molecule has 0 bridgehead atoms. The van der Waals surface area contributed by atoms with Crippen LogP contribution in [0.3, 0.4) is 0 Å². The summed E-state index contributed by atoms with van der Waals surface area (Å²) in [6, 6.07) is -0.439. The molecule has 1 atom stereocenters. The second-order valence-corrected chi connectivity index (χ2v) is 3.12. The third-order valence-electron chi connectivity index (χ3n) is 1.69. The first-order valence-electron chi connectivity index (χ1n) is 3.73. The van der Waals surface area contributed by atoms with Crippen molar-refractivity contribution in [3.8, 4) is 0 Å². The number of nitrogens with zero attached hydrogens (tertiary/aromatic N) is 2. The van der Waals surface area contributed by atoms with Crippen LogP contribution in [0, 0.1) is 4.77 Å². The molecule has 1 aromatic heterocycles. The molecular weight excluding hydrogens is 198 g/mol. The molecule has 74 valence electrons. The van der Waals surface area contributed by atoms with E-state index in [2.05, 4.69) is 10.2 Å². The SMILES string of the molecule is CC(CC(F)F)n1c(N)n[nH]c1=S. The van der Waals surface area contributed by atoms with Crippen LogP contribution in [0.1, 0.15) is 19.4 Å². The van der Waals surface area contributed by atoms with Gasteiger partial charge in [-0.3, -0.25) is 4.57 Å². The van der Waals surface area contributed by atoms with Crippen LogP contribution in [-0.4, -0.2) is 21.2 Å². The molecule has 0 saturated carbocycles. The number of alkyl halides is 2. The molecule has 0 aromatic carbocycles. The number of hydrogen-bond acceptors (Lipinski definition) is 3. The zero-order valence-corrected chi connectivity index (χ0v) is 7.81. The van der Waals surface area contributed by atoms with E-state index in [-0.39, 0.29) is 17.1 Å². The zero-order chi connectivity index (χ0) is 10.0. The number of aromatic amines is 1. The van der Waals surface area contributed by atoms with Crippen molar-refractivity contribution in [2.75, 3.05) is 5.73 Å². The maximum Gasteiger partial charge on any atom is 0.240 e. The van der Waals surface area contributed by atoms with Crippen LogP contribution in [-0.2, 0) is 0 Å². The second kappa shape index (κ2) is 3.82. The molecule has 1 aromatic rings. The van der Waals surface area contributed by atoms with Crippen molar-refractivity contribution in [3.05, 3.63) is 4.77 Å². The monoisotopic (exact) mass is 208 g/mol. The lowest BCUT2D eigenvalue weighted by atomic mass is 10.2. The standard InChI is InChI=1S/C6H10F2N4S/c1-3(2-4(7)8)12-5(9)10-11-6(12)13/h3-4H,2H2,1H3,(H2,9,10)(H,11,13). The van der Waals surface area contributed by atoms with Gasteiger partial charge in [-0.2, -0.15) is 0 Å². The van der Waals surface area contributed by atoms with Crippen LogP contribution in [0.25, 0.3) is 0 Å². The average molecular weight is 208 g/mol. The molecule has 1 rings (SSSR count). The van der Waals surface area contributed by atoms with Gasteiger partial charge in [-0.15, -0.1) is 5.10 Å². The number of nitrogen functional groups attached to an aromatic ring is 1. The van der Waals surface area contributed by atoms with Crippen LogP contribution in [0.2, 0.25) is 0 Å². The summed E-state index contributed by atoms with van der Waals surface area (Å²) < 4.78 is 25.7. The average Bonchev–Trinajstić information content (AvgIpc) is 2.29. The van der Waals surface area contributed by atoms with E-state index in [1.54, 1.807) is 6.92 Å². The molecule has 0 aliphatic rings. The molecule has 0 radical (unpaired) electrons. The second-order valence-electron chi connectivity index (χ2n) is 2.73. The van der Waals surface area contributed by atoms with Gasteiger partial charge < -0.3 is 5.73 Å². The van der Waals surface area contributed by atoms with E-state index in [0.717, 1.165) is 0 Å². The molecule has 1 unspecified atom stereocenters. The highest BCUT2D eigenvalue weighted by atomic mass is 32.1. The molecule has 0 fully saturated rings. The van der Waals surface area contributed by atoms with E-state index < -0.39 is 12.5 Å². The Labute approximate surface area is 78.7 Å². The maximum atomic E-state index is 12.0. The molecule has 0 saturated heterocycles. The first-order chi connectivity index (χ1) is 6.02. The van der Waals surface area contributed by atoms with Crippen molar-refractivity contribution in [2.24, 2.45) is 0 Å². The number of aromatic nitrogens is 3. The Bertz CT molecular complexity index is 332. The summed E-state index contributed by atoms with van der Waals surface area (Å²) in [4.78, 5) is 0. The summed E-state index contributed by atoms with van der Waals surface area (Å²) in [5.41, 5.74) is 5.43. The van der Waals surface area contributed by atoms with Gasteiger partial charge in [-0.1, -0.05) is 0 Å². The molecule has 13 heavy (non-hydrogen) atoms. The number of nitrogens with one attached hydrogen (secondary N) is 1. The van der Waals surface area contributed by atoms with Gasteiger partial charge in [0, 0.05) is 12.5 Å². The highest BCUT2D eigenvalue weighted by Gasteiger charge is 2.15. The minimum atomic E-state index is -2.37. The summed E-state index contributed by atoms with van der Waals surface area (Å²) in [6.07, 6.45) is -2.65. The van der Waals surface area contributed by atoms with Gasteiger partial charge in [-0.25, -0.2) is 13.9 Å². The van der Waals surface area contributed by atoms with E-state index in [4.69, 9.17) is 18.0 Å². The summed E-state index contributed by atoms with van der Waals surface area (Å²) in [5, 5.41) is 6.06. The maximum absolute atomic E-state index is 12.0. The predicted molar refractivity (Wildman–Crippen MR) is 47.2 cm³/mol. The minimum absolute atomic E-state index is 0.137. The number of H-pyrrole nitrogens is 1. The normalized spacial score (nSPS) is 13.5. The zero-order valence-electron chi connectivity index (χ0n) is 7.00. The Balaban J connectivity index is 2.88. The van der Waals surface area contributed by atoms with Crippen LogP contribution in [0.4, 0.5) is 14.7 Å². The minimum Gasteiger partial charge on any atom is -0.368 e. The van der Waals surface area contributed by atoms with Crippen molar-refractivity contribution >= 4 is 18.2 Å². The van der Waals surface area contributed by atoms with E-state index in [1.165, 1.54) is 4.57 Å². The van der Waals surface area contributed by atoms with Gasteiger partial charge >= 0.3 is 0 Å². The van der Waals surface area contributed by atoms with E-state index in [0.29, 0.717) is 0 Å². The fraction of sp³-hybridized carbons (Fsp3) is 0.667. The van der Waals surface area contributed by atoms with Gasteiger partial charge in [0.05, 0.1) is 0 Å². The van der Waals surface area contributed by atoms with Crippen LogP contribution < -0.4 is 5.73 Å². The molecule has 1 heterocycles. The largest absolute Gasteiger partial charge is 0.368 e. The Hall–Kier alpha value is -0.980. The molecule has 7 heteroatoms. The van der Waals surface area contributed by atoms with E-state index in [9.17, 15) is 8.78 Å². The third kappa shape index (κ3) is 2.24. The van der Waals surface area contributed by atoms with E-state index in [1.807, 2.05) is 0 Å². The summed E-state index contributed by atoms with van der Waals surface area (Å²) in [6.45, 7) is 1.62. The molecule has 3 N–H and O–H groups in total. The highest BCUT2D eigenvalue weighted by molar-refractivity contribution is 7.71. The lowest BCUT2D eigenvalue weighted by molar-refractivity contribution is 0.120. The molecule has 0 spiro atoms. The van der Waals surface area contributed by atoms with Crippen molar-refractivity contribution < 1.29 is 8.78 Å². The fourth-order valence-electron chi connectivity index (χ4n) is 1.11. The number of hydrogen-bond donors (Lipinski definition) is 2. The predicted octanol–water partition coefficient (Wildman–Crippen LogP) is 1.74. The number of anilines is 1. The molecule has 4 nitrogen and oxygen atoms in total. The van der Waals surface area contributed by atoms with Crippen LogP contribution >= 0.6 is 12.2 Å². The van der Waals surface area contributed by atoms with Crippen molar-refractivity contribution in [2.45, 2.75) is 25.8 Å². The van der Waals surface area contributed by atoms with E-state index >= 15 is 0 Å². The topological polar surface area (TPSA) is 59.6 Å². The highest BCUT2D eigenvalue weighted by Crippen LogP contribution is 2.18. The summed E-state index contributed by atoms with van der Waals surface area (Å²) in [7, 11) is 0. The van der Waals surface area contributed by atoms with Gasteiger partial charge in [0.15, 0.2) is 4.77 Å². The fourth-order valence-corrected chi connectivity index (χ4v) is 1.43. The first-order valence-corrected chi connectivity index (χ1v) is 4.13. The Morgan fingerprint density at radius 2 is 2.31 bits per heavy atom. The van der Waals surface area contributed by atoms with Crippen LogP contribution in [0.15, 0.2) is 0 Å². The smallest absolute Gasteiger partial charge is 0.240 e. The quantitative estimate of drug-likeness (QED) is 0.744. The third-order valence-corrected chi connectivity index (χ3v) is 1.98. The van der Waals surface area contributed by atoms with Gasteiger partial charge in [0.1, 0.15) is 0 Å². The number of halogens is 2. The van der Waals surface area contributed by atoms with Gasteiger partial charge in [-0.05, 0) is 19.1 Å². The van der Waals surface area contributed by atoms with Crippen molar-refractivity contribution in [1.29, 1.82) is 0 Å². The molecule has 0 aliphatic carbocycles. The number of nitrogens with two attached hydrogens (primary N) is 1. The lowest BCUT2D eigenvalue weighted by Crippen LogP contribution is -2.12. The summed E-state index contributed by atoms with van der Waals surface area (Å²) in [5.74, 6) is 0.137. The number of rotatable bonds is 3. The van der Waals surface area contributed by atoms with Crippen molar-refractivity contribution in [3.63, 3.8) is 0 Å². The van der Waals surface area contributed by atoms with Gasteiger partial charge in [0.2, 0.25) is 12.4 Å². The summed E-state index contributed by atoms with van der Waals surface area (Å²) >= 11 is 4.82. The molecule has 0 amide bonds. The van der Waals surface area contributed by atoms with Crippen LogP contribution in [0.5, 0.6) is 0 Å². The lowest BCUT2D eigenvalue weighted by Gasteiger charge is -2.12. The Morgan fingerprint density at radius 1 is 1.69 bits per heavy atom. The molecule has 0 aliphatic heterocycles. The first kappa shape index (κ1) is 10.1. The Morgan fingerprint density at radius 3 is 2.69 bits per heavy atom. The van der Waals surface area contributed by atoms with Crippen molar-refractivity contribution in [1.82, 2.24) is 14.8 Å².